The Balaban J connectivity index is 1.31. The highest BCUT2D eigenvalue weighted by Crippen LogP contribution is 2.31. The molecule has 8 nitrogen and oxygen atoms in total. The Bertz CT molecular complexity index is 1600. The maximum absolute atomic E-state index is 14.1. The van der Waals surface area contributed by atoms with E-state index in [0.717, 1.165) is 60.4 Å². The first-order chi connectivity index (χ1) is 17.5. The molecule has 3 heterocycles. The van der Waals surface area contributed by atoms with Gasteiger partial charge in [0.05, 0.1) is 22.3 Å². The summed E-state index contributed by atoms with van der Waals surface area (Å²) in [5.41, 5.74) is 4.23. The van der Waals surface area contributed by atoms with Gasteiger partial charge in [0, 0.05) is 43.3 Å². The summed E-state index contributed by atoms with van der Waals surface area (Å²) in [6, 6.07) is 14.3. The SMILES string of the molecule is CN1CCN(c2ccc3nc(-c4[nH]nc5c(NC(=O)c6ccc(F)cc6F)cccc45)[nH]c3c2)CC1. The third kappa shape index (κ3) is 3.95. The van der Waals surface area contributed by atoms with Gasteiger partial charge in [0.15, 0.2) is 5.82 Å². The van der Waals surface area contributed by atoms with Crippen molar-refractivity contribution in [2.45, 2.75) is 0 Å². The smallest absolute Gasteiger partial charge is 0.258 e. The lowest BCUT2D eigenvalue weighted by Gasteiger charge is -2.34. The maximum Gasteiger partial charge on any atom is 0.258 e. The fourth-order valence-corrected chi connectivity index (χ4v) is 4.56. The number of benzene rings is 3. The Labute approximate surface area is 204 Å². The number of carbonyl (C=O) groups is 1. The van der Waals surface area contributed by atoms with E-state index in [9.17, 15) is 13.6 Å². The van der Waals surface area contributed by atoms with Gasteiger partial charge in [0.1, 0.15) is 22.8 Å². The van der Waals surface area contributed by atoms with Gasteiger partial charge in [-0.15, -0.1) is 0 Å². The number of carbonyl (C=O) groups excluding carboxylic acids is 1. The van der Waals surface area contributed by atoms with E-state index in [4.69, 9.17) is 4.98 Å². The van der Waals surface area contributed by atoms with Crippen LogP contribution in [-0.4, -0.2) is 64.2 Å². The normalized spacial score (nSPS) is 14.6. The molecule has 0 atom stereocenters. The number of hydrogen-bond donors (Lipinski definition) is 3. The molecule has 1 saturated heterocycles. The van der Waals surface area contributed by atoms with Crippen LogP contribution in [-0.2, 0) is 0 Å². The summed E-state index contributed by atoms with van der Waals surface area (Å²) in [5, 5.41) is 10.8. The van der Waals surface area contributed by atoms with Gasteiger partial charge >= 0.3 is 0 Å². The standard InChI is InChI=1S/C26H23F2N7O/c1-34-9-11-35(12-10-34)16-6-8-20-22(14-16)30-25(29-20)24-18-3-2-4-21(23(18)32-33-24)31-26(36)17-7-5-15(27)13-19(17)28/h2-8,13-14H,9-12H2,1H3,(H,29,30)(H,31,36)(H,32,33). The molecule has 0 aliphatic carbocycles. The topological polar surface area (TPSA) is 92.9 Å². The summed E-state index contributed by atoms with van der Waals surface area (Å²) in [5.74, 6) is -1.74. The number of fused-ring (bicyclic) bond motifs is 2. The average molecular weight is 488 g/mol. The molecule has 5 aromatic rings. The van der Waals surface area contributed by atoms with Crippen molar-refractivity contribution in [2.75, 3.05) is 43.4 Å². The fourth-order valence-electron chi connectivity index (χ4n) is 4.56. The van der Waals surface area contributed by atoms with Gasteiger partial charge in [-0.05, 0) is 43.4 Å². The van der Waals surface area contributed by atoms with Crippen molar-refractivity contribution >= 4 is 39.2 Å². The zero-order valence-corrected chi connectivity index (χ0v) is 19.5. The number of H-pyrrole nitrogens is 2. The van der Waals surface area contributed by atoms with E-state index < -0.39 is 17.5 Å². The largest absolute Gasteiger partial charge is 0.369 e. The van der Waals surface area contributed by atoms with Gasteiger partial charge in [-0.25, -0.2) is 13.8 Å². The molecule has 0 bridgehead atoms. The Morgan fingerprint density at radius 2 is 1.86 bits per heavy atom. The first kappa shape index (κ1) is 22.2. The van der Waals surface area contributed by atoms with Crippen molar-refractivity contribution in [3.05, 3.63) is 71.8 Å². The number of nitrogens with zero attached hydrogens (tertiary/aromatic N) is 4. The molecule has 0 unspecified atom stereocenters. The van der Waals surface area contributed by atoms with Crippen molar-refractivity contribution in [1.82, 2.24) is 25.1 Å². The highest BCUT2D eigenvalue weighted by atomic mass is 19.1. The lowest BCUT2D eigenvalue weighted by atomic mass is 10.1. The summed E-state index contributed by atoms with van der Waals surface area (Å²) in [4.78, 5) is 25.4. The molecule has 10 heteroatoms. The van der Waals surface area contributed by atoms with Crippen molar-refractivity contribution < 1.29 is 13.6 Å². The molecule has 3 aromatic carbocycles. The third-order valence-corrected chi connectivity index (χ3v) is 6.58. The molecule has 0 radical (unpaired) electrons. The molecule has 3 N–H and O–H groups in total. The Hall–Kier alpha value is -4.31. The number of para-hydroxylation sites is 1. The van der Waals surface area contributed by atoms with E-state index >= 15 is 0 Å². The Morgan fingerprint density at radius 3 is 2.67 bits per heavy atom. The number of aromatic amines is 2. The minimum atomic E-state index is -0.930. The van der Waals surface area contributed by atoms with E-state index in [1.165, 1.54) is 0 Å². The van der Waals surface area contributed by atoms with E-state index in [0.29, 0.717) is 28.8 Å². The van der Waals surface area contributed by atoms with Crippen LogP contribution in [0.2, 0.25) is 0 Å². The van der Waals surface area contributed by atoms with Crippen molar-refractivity contribution in [3.8, 4) is 11.5 Å². The number of likely N-dealkylation sites (N-methyl/N-ethyl adjacent to an activating group) is 1. The highest BCUT2D eigenvalue weighted by molar-refractivity contribution is 6.10. The molecule has 2 aromatic heterocycles. The molecule has 0 saturated carbocycles. The lowest BCUT2D eigenvalue weighted by molar-refractivity contribution is 0.102. The number of aromatic nitrogens is 4. The number of anilines is 2. The highest BCUT2D eigenvalue weighted by Gasteiger charge is 2.19. The van der Waals surface area contributed by atoms with E-state index in [2.05, 4.69) is 49.5 Å². The second-order valence-corrected chi connectivity index (χ2v) is 8.96. The molecule has 1 amide bonds. The van der Waals surface area contributed by atoms with Crippen LogP contribution in [0.3, 0.4) is 0 Å². The van der Waals surface area contributed by atoms with Gasteiger partial charge in [-0.2, -0.15) is 5.10 Å². The predicted molar refractivity (Wildman–Crippen MR) is 135 cm³/mol. The number of amides is 1. The molecule has 6 rings (SSSR count). The minimum absolute atomic E-state index is 0.252. The van der Waals surface area contributed by atoms with Gasteiger partial charge in [0.2, 0.25) is 0 Å². The van der Waals surface area contributed by atoms with Gasteiger partial charge in [-0.1, -0.05) is 12.1 Å². The fraction of sp³-hybridized carbons (Fsp3) is 0.192. The molecule has 1 fully saturated rings. The molecule has 0 spiro atoms. The summed E-state index contributed by atoms with van der Waals surface area (Å²) in [6.07, 6.45) is 0. The van der Waals surface area contributed by atoms with Crippen LogP contribution in [0.25, 0.3) is 33.5 Å². The predicted octanol–water partition coefficient (Wildman–Crippen LogP) is 4.39. The van der Waals surface area contributed by atoms with Crippen molar-refractivity contribution in [2.24, 2.45) is 0 Å². The number of hydrogen-bond acceptors (Lipinski definition) is 5. The summed E-state index contributed by atoms with van der Waals surface area (Å²) >= 11 is 0. The average Bonchev–Trinajstić information content (AvgIpc) is 3.48. The van der Waals surface area contributed by atoms with Crippen LogP contribution in [0.1, 0.15) is 10.4 Å². The quantitative estimate of drug-likeness (QED) is 0.350. The van der Waals surface area contributed by atoms with E-state index in [1.54, 1.807) is 12.1 Å². The first-order valence-electron chi connectivity index (χ1n) is 11.6. The van der Waals surface area contributed by atoms with Gasteiger partial charge in [0.25, 0.3) is 5.91 Å². The van der Waals surface area contributed by atoms with Crippen molar-refractivity contribution in [3.63, 3.8) is 0 Å². The molecule has 1 aliphatic rings. The van der Waals surface area contributed by atoms with Crippen molar-refractivity contribution in [1.29, 1.82) is 0 Å². The van der Waals surface area contributed by atoms with E-state index in [-0.39, 0.29) is 5.56 Å². The second kappa shape index (κ2) is 8.72. The molecular formula is C26H23F2N7O. The lowest BCUT2D eigenvalue weighted by Crippen LogP contribution is -2.44. The summed E-state index contributed by atoms with van der Waals surface area (Å²) in [6.45, 7) is 4.01. The number of piperazine rings is 1. The van der Waals surface area contributed by atoms with Crippen LogP contribution < -0.4 is 10.2 Å². The first-order valence-corrected chi connectivity index (χ1v) is 11.6. The van der Waals surface area contributed by atoms with Crippen LogP contribution in [0.4, 0.5) is 20.2 Å². The molecule has 36 heavy (non-hydrogen) atoms. The van der Waals surface area contributed by atoms with Crippen LogP contribution >= 0.6 is 0 Å². The zero-order chi connectivity index (χ0) is 24.8. The van der Waals surface area contributed by atoms with Crippen LogP contribution in [0, 0.1) is 11.6 Å². The number of nitrogens with one attached hydrogen (secondary N) is 3. The monoisotopic (exact) mass is 487 g/mol. The molecule has 1 aliphatic heterocycles. The maximum atomic E-state index is 14.1. The number of halogens is 2. The Morgan fingerprint density at radius 1 is 1.03 bits per heavy atom. The summed E-state index contributed by atoms with van der Waals surface area (Å²) in [7, 11) is 2.13. The van der Waals surface area contributed by atoms with Gasteiger partial charge in [-0.3, -0.25) is 9.89 Å². The van der Waals surface area contributed by atoms with E-state index in [1.807, 2.05) is 12.1 Å². The van der Waals surface area contributed by atoms with Crippen LogP contribution in [0.5, 0.6) is 0 Å². The summed E-state index contributed by atoms with van der Waals surface area (Å²) < 4.78 is 27.3. The third-order valence-electron chi connectivity index (χ3n) is 6.58. The zero-order valence-electron chi connectivity index (χ0n) is 19.5. The molecular weight excluding hydrogens is 464 g/mol. The number of imidazole rings is 1. The van der Waals surface area contributed by atoms with Crippen LogP contribution in [0.15, 0.2) is 54.6 Å². The second-order valence-electron chi connectivity index (χ2n) is 8.96. The minimum Gasteiger partial charge on any atom is -0.369 e. The van der Waals surface area contributed by atoms with Gasteiger partial charge < -0.3 is 20.1 Å². The Kier molecular flexibility index (Phi) is 5.37. The number of rotatable bonds is 4. The molecule has 182 valence electrons.